The molecule has 1 saturated heterocycles. The van der Waals surface area contributed by atoms with Gasteiger partial charge in [-0.2, -0.15) is 0 Å². The second-order valence-electron chi connectivity index (χ2n) is 6.47. The predicted molar refractivity (Wildman–Crippen MR) is 103 cm³/mol. The first kappa shape index (κ1) is 18.9. The third-order valence-electron chi connectivity index (χ3n) is 4.46. The molecule has 1 fully saturated rings. The monoisotopic (exact) mass is 368 g/mol. The van der Waals surface area contributed by atoms with Crippen molar-refractivity contribution >= 4 is 17.5 Å². The van der Waals surface area contributed by atoms with Crippen LogP contribution in [0.5, 0.6) is 5.75 Å². The first-order valence-electron chi connectivity index (χ1n) is 9.07. The number of anilines is 1. The maximum atomic E-state index is 12.5. The number of methoxy groups -OCH3 is 1. The summed E-state index contributed by atoms with van der Waals surface area (Å²) in [5.41, 5.74) is 1.77. The normalized spacial score (nSPS) is 16.0. The fraction of sp³-hybridized carbons (Fsp3) is 0.333. The van der Waals surface area contributed by atoms with Crippen LogP contribution in [0, 0.1) is 0 Å². The van der Waals surface area contributed by atoms with Crippen molar-refractivity contribution in [2.75, 3.05) is 25.6 Å². The van der Waals surface area contributed by atoms with Gasteiger partial charge in [0.1, 0.15) is 5.75 Å². The summed E-state index contributed by atoms with van der Waals surface area (Å²) in [6.45, 7) is 1.22. The molecule has 0 aromatic heterocycles. The molecule has 1 aliphatic rings. The molecule has 0 aliphatic carbocycles. The zero-order valence-corrected chi connectivity index (χ0v) is 15.4. The van der Waals surface area contributed by atoms with Crippen molar-refractivity contribution in [3.05, 3.63) is 59.7 Å². The minimum atomic E-state index is -0.220. The number of para-hydroxylation sites is 1. The smallest absolute Gasteiger partial charge is 0.253 e. The van der Waals surface area contributed by atoms with E-state index in [0.717, 1.165) is 25.0 Å². The van der Waals surface area contributed by atoms with E-state index >= 15 is 0 Å². The highest BCUT2D eigenvalue weighted by molar-refractivity contribution is 6.04. The second-order valence-corrected chi connectivity index (χ2v) is 6.47. The Morgan fingerprint density at radius 1 is 1.19 bits per heavy atom. The van der Waals surface area contributed by atoms with Gasteiger partial charge in [0.2, 0.25) is 5.91 Å². The van der Waals surface area contributed by atoms with Crippen molar-refractivity contribution in [1.29, 1.82) is 0 Å². The van der Waals surface area contributed by atoms with Crippen LogP contribution in [-0.4, -0.2) is 38.2 Å². The molecule has 1 aliphatic heterocycles. The average Bonchev–Trinajstić information content (AvgIpc) is 3.20. The van der Waals surface area contributed by atoms with E-state index in [0.29, 0.717) is 23.5 Å². The van der Waals surface area contributed by atoms with Gasteiger partial charge in [-0.05, 0) is 42.7 Å². The Bertz CT molecular complexity index is 800. The minimum Gasteiger partial charge on any atom is -0.497 e. The number of amides is 2. The van der Waals surface area contributed by atoms with E-state index in [1.165, 1.54) is 0 Å². The zero-order chi connectivity index (χ0) is 19.1. The van der Waals surface area contributed by atoms with Crippen molar-refractivity contribution < 1.29 is 19.1 Å². The molecule has 1 atom stereocenters. The molecule has 2 N–H and O–H groups in total. The van der Waals surface area contributed by atoms with E-state index in [1.807, 2.05) is 24.3 Å². The molecule has 0 spiro atoms. The zero-order valence-electron chi connectivity index (χ0n) is 15.4. The number of nitrogens with one attached hydrogen (secondary N) is 2. The molecule has 6 heteroatoms. The Labute approximate surface area is 158 Å². The lowest BCUT2D eigenvalue weighted by Crippen LogP contribution is -2.32. The van der Waals surface area contributed by atoms with Gasteiger partial charge < -0.3 is 20.1 Å². The molecule has 2 aromatic carbocycles. The number of hydrogen-bond donors (Lipinski definition) is 2. The van der Waals surface area contributed by atoms with Crippen molar-refractivity contribution in [3.8, 4) is 5.75 Å². The minimum absolute atomic E-state index is 0.0729. The number of carbonyl (C=O) groups is 2. The van der Waals surface area contributed by atoms with Gasteiger partial charge in [0, 0.05) is 13.2 Å². The van der Waals surface area contributed by atoms with Gasteiger partial charge in [-0.1, -0.05) is 24.3 Å². The molecule has 27 heavy (non-hydrogen) atoms. The summed E-state index contributed by atoms with van der Waals surface area (Å²) in [5.74, 6) is 0.291. The molecule has 1 heterocycles. The third-order valence-corrected chi connectivity index (χ3v) is 4.46. The van der Waals surface area contributed by atoms with Crippen LogP contribution in [0.2, 0.25) is 0 Å². The van der Waals surface area contributed by atoms with Crippen LogP contribution in [-0.2, 0) is 16.0 Å². The van der Waals surface area contributed by atoms with Gasteiger partial charge in [-0.25, -0.2) is 0 Å². The van der Waals surface area contributed by atoms with Crippen LogP contribution in [0.3, 0.4) is 0 Å². The summed E-state index contributed by atoms with van der Waals surface area (Å²) >= 11 is 0. The lowest BCUT2D eigenvalue weighted by molar-refractivity contribution is -0.115. The Hall–Kier alpha value is -2.86. The van der Waals surface area contributed by atoms with Crippen LogP contribution < -0.4 is 15.4 Å². The van der Waals surface area contributed by atoms with Crippen LogP contribution in [0.1, 0.15) is 28.8 Å². The Morgan fingerprint density at radius 2 is 2.04 bits per heavy atom. The number of carbonyl (C=O) groups excluding carboxylic acids is 2. The van der Waals surface area contributed by atoms with Gasteiger partial charge in [0.25, 0.3) is 5.91 Å². The van der Waals surface area contributed by atoms with Crippen LogP contribution >= 0.6 is 0 Å². The molecule has 0 radical (unpaired) electrons. The van der Waals surface area contributed by atoms with Gasteiger partial charge >= 0.3 is 0 Å². The number of rotatable bonds is 7. The first-order valence-corrected chi connectivity index (χ1v) is 9.07. The van der Waals surface area contributed by atoms with E-state index < -0.39 is 0 Å². The Kier molecular flexibility index (Phi) is 6.44. The van der Waals surface area contributed by atoms with E-state index in [1.54, 1.807) is 31.4 Å². The summed E-state index contributed by atoms with van der Waals surface area (Å²) in [7, 11) is 1.59. The SMILES string of the molecule is COc1cccc(CC(=O)Nc2ccccc2C(=O)NCC2CCCO2)c1. The Balaban J connectivity index is 1.62. The lowest BCUT2D eigenvalue weighted by Gasteiger charge is -2.14. The van der Waals surface area contributed by atoms with Crippen LogP contribution in [0.25, 0.3) is 0 Å². The topological polar surface area (TPSA) is 76.7 Å². The molecular weight excluding hydrogens is 344 g/mol. The van der Waals surface area contributed by atoms with E-state index in [4.69, 9.17) is 9.47 Å². The van der Waals surface area contributed by atoms with Crippen molar-refractivity contribution in [2.24, 2.45) is 0 Å². The summed E-state index contributed by atoms with van der Waals surface area (Å²) in [6.07, 6.45) is 2.25. The molecular formula is C21H24N2O4. The number of hydrogen-bond acceptors (Lipinski definition) is 4. The second kappa shape index (κ2) is 9.19. The van der Waals surface area contributed by atoms with Gasteiger partial charge in [-0.3, -0.25) is 9.59 Å². The highest BCUT2D eigenvalue weighted by Crippen LogP contribution is 2.18. The fourth-order valence-corrected chi connectivity index (χ4v) is 3.06. The fourth-order valence-electron chi connectivity index (χ4n) is 3.06. The summed E-state index contributed by atoms with van der Waals surface area (Å²) in [6, 6.07) is 14.3. The highest BCUT2D eigenvalue weighted by Gasteiger charge is 2.18. The van der Waals surface area contributed by atoms with Gasteiger partial charge in [0.15, 0.2) is 0 Å². The predicted octanol–water partition coefficient (Wildman–Crippen LogP) is 2.79. The number of benzene rings is 2. The summed E-state index contributed by atoms with van der Waals surface area (Å²) < 4.78 is 10.7. The lowest BCUT2D eigenvalue weighted by atomic mass is 10.1. The van der Waals surface area contributed by atoms with Crippen molar-refractivity contribution in [2.45, 2.75) is 25.4 Å². The molecule has 2 aromatic rings. The summed E-state index contributed by atoms with van der Waals surface area (Å²) in [5, 5.41) is 5.72. The molecule has 6 nitrogen and oxygen atoms in total. The van der Waals surface area contributed by atoms with Crippen molar-refractivity contribution in [3.63, 3.8) is 0 Å². The highest BCUT2D eigenvalue weighted by atomic mass is 16.5. The molecule has 3 rings (SSSR count). The van der Waals surface area contributed by atoms with E-state index in [2.05, 4.69) is 10.6 Å². The molecule has 2 amide bonds. The van der Waals surface area contributed by atoms with Crippen LogP contribution in [0.4, 0.5) is 5.69 Å². The van der Waals surface area contributed by atoms with Gasteiger partial charge in [0.05, 0.1) is 30.9 Å². The molecule has 0 saturated carbocycles. The largest absolute Gasteiger partial charge is 0.497 e. The molecule has 142 valence electrons. The average molecular weight is 368 g/mol. The van der Waals surface area contributed by atoms with E-state index in [-0.39, 0.29) is 24.3 Å². The molecule has 0 bridgehead atoms. The third kappa shape index (κ3) is 5.31. The quantitative estimate of drug-likeness (QED) is 0.788. The van der Waals surface area contributed by atoms with Gasteiger partial charge in [-0.15, -0.1) is 0 Å². The number of ether oxygens (including phenoxy) is 2. The molecule has 1 unspecified atom stereocenters. The van der Waals surface area contributed by atoms with Crippen LogP contribution in [0.15, 0.2) is 48.5 Å². The van der Waals surface area contributed by atoms with E-state index in [9.17, 15) is 9.59 Å². The first-order chi connectivity index (χ1) is 13.2. The maximum Gasteiger partial charge on any atom is 0.253 e. The Morgan fingerprint density at radius 3 is 2.81 bits per heavy atom. The maximum absolute atomic E-state index is 12.5. The van der Waals surface area contributed by atoms with Crippen molar-refractivity contribution in [1.82, 2.24) is 5.32 Å². The standard InChI is InChI=1S/C21H24N2O4/c1-26-16-7-4-6-15(12-16)13-20(24)23-19-10-3-2-9-18(19)21(25)22-14-17-8-5-11-27-17/h2-4,6-7,9-10,12,17H,5,8,11,13-14H2,1H3,(H,22,25)(H,23,24). The summed E-state index contributed by atoms with van der Waals surface area (Å²) in [4.78, 5) is 24.9.